The number of aryl methyl sites for hydroxylation is 1. The predicted molar refractivity (Wildman–Crippen MR) is 165 cm³/mol. The summed E-state index contributed by atoms with van der Waals surface area (Å²) in [7, 11) is 0. The van der Waals surface area contributed by atoms with Crippen molar-refractivity contribution < 1.29 is 9.18 Å². The average molecular weight is 611 g/mol. The number of halogens is 3. The first kappa shape index (κ1) is 29.5. The summed E-state index contributed by atoms with van der Waals surface area (Å²) in [5, 5.41) is 3.75. The van der Waals surface area contributed by atoms with Gasteiger partial charge >= 0.3 is 5.69 Å². The molecule has 4 heterocycles. The first-order valence-corrected chi connectivity index (χ1v) is 14.3. The van der Waals surface area contributed by atoms with E-state index in [-0.39, 0.29) is 45.1 Å². The van der Waals surface area contributed by atoms with Crippen molar-refractivity contribution in [3.63, 3.8) is 0 Å². The van der Waals surface area contributed by atoms with Crippen LogP contribution in [0.15, 0.2) is 54.0 Å². The van der Waals surface area contributed by atoms with Crippen molar-refractivity contribution in [1.82, 2.24) is 24.4 Å². The van der Waals surface area contributed by atoms with E-state index in [4.69, 9.17) is 28.2 Å². The number of nitrogens with zero attached hydrogens (tertiary/aromatic N) is 6. The zero-order valence-electron chi connectivity index (χ0n) is 23.7. The van der Waals surface area contributed by atoms with Gasteiger partial charge < -0.3 is 15.1 Å². The van der Waals surface area contributed by atoms with Crippen molar-refractivity contribution >= 4 is 57.5 Å². The first-order chi connectivity index (χ1) is 20.0. The number of para-hydroxylation sites is 1. The summed E-state index contributed by atoms with van der Waals surface area (Å²) in [6.45, 7) is 12.7. The highest BCUT2D eigenvalue weighted by Crippen LogP contribution is 2.36. The molecule has 3 aromatic heterocycles. The van der Waals surface area contributed by atoms with E-state index in [1.165, 1.54) is 22.8 Å². The Labute approximate surface area is 252 Å². The van der Waals surface area contributed by atoms with Crippen LogP contribution in [0.25, 0.3) is 16.7 Å². The van der Waals surface area contributed by atoms with Crippen molar-refractivity contribution in [3.05, 3.63) is 86.8 Å². The molecule has 12 heteroatoms. The Bertz CT molecular complexity index is 1760. The van der Waals surface area contributed by atoms with Gasteiger partial charge in [0.15, 0.2) is 11.5 Å². The maximum absolute atomic E-state index is 14.7. The zero-order valence-corrected chi connectivity index (χ0v) is 25.2. The third kappa shape index (κ3) is 5.32. The van der Waals surface area contributed by atoms with Crippen LogP contribution in [0.5, 0.6) is 0 Å². The molecule has 0 spiro atoms. The van der Waals surface area contributed by atoms with Crippen molar-refractivity contribution in [1.29, 1.82) is 0 Å². The number of anilines is 3. The fourth-order valence-electron chi connectivity index (χ4n) is 5.24. The van der Waals surface area contributed by atoms with Gasteiger partial charge in [-0.1, -0.05) is 49.7 Å². The summed E-state index contributed by atoms with van der Waals surface area (Å²) in [6.07, 6.45) is 2.99. The minimum absolute atomic E-state index is 0.00755. The van der Waals surface area contributed by atoms with Crippen molar-refractivity contribution in [3.8, 4) is 5.69 Å². The Hall–Kier alpha value is -4.02. The summed E-state index contributed by atoms with van der Waals surface area (Å²) in [5.74, 6) is -0.251. The van der Waals surface area contributed by atoms with Crippen LogP contribution in [-0.2, 0) is 4.79 Å². The topological polar surface area (TPSA) is 96.3 Å². The van der Waals surface area contributed by atoms with Crippen molar-refractivity contribution in [2.45, 2.75) is 39.7 Å². The summed E-state index contributed by atoms with van der Waals surface area (Å²) < 4.78 is 16.2. The molecule has 1 fully saturated rings. The SMILES string of the molecule is C=CC(=O)N1CCN(c2nc(=O)n(-c3c(C)ccnc3C(C)C)c3nc(Nc4c(F)cccc4Cl)c(Cl)cc23)[C@@H](C)C1. The highest BCUT2D eigenvalue weighted by molar-refractivity contribution is 6.35. The number of carbonyl (C=O) groups excluding carboxylic acids is 1. The number of aromatic nitrogens is 4. The highest BCUT2D eigenvalue weighted by Gasteiger charge is 2.30. The molecular weight excluding hydrogens is 580 g/mol. The minimum Gasteiger partial charge on any atom is -0.350 e. The molecule has 0 radical (unpaired) electrons. The predicted octanol–water partition coefficient (Wildman–Crippen LogP) is 6.02. The van der Waals surface area contributed by atoms with Crippen LogP contribution >= 0.6 is 23.2 Å². The molecule has 1 aromatic carbocycles. The van der Waals surface area contributed by atoms with Gasteiger partial charge in [0.2, 0.25) is 5.91 Å². The smallest absolute Gasteiger partial charge is 0.350 e. The second-order valence-corrected chi connectivity index (χ2v) is 11.3. The Balaban J connectivity index is 1.77. The molecule has 5 rings (SSSR count). The lowest BCUT2D eigenvalue weighted by atomic mass is 10.0. The lowest BCUT2D eigenvalue weighted by Gasteiger charge is -2.40. The summed E-state index contributed by atoms with van der Waals surface area (Å²) in [4.78, 5) is 43.8. The van der Waals surface area contributed by atoms with E-state index in [0.29, 0.717) is 42.2 Å². The molecule has 9 nitrogen and oxygen atoms in total. The number of rotatable bonds is 6. The summed E-state index contributed by atoms with van der Waals surface area (Å²) in [6, 6.07) is 7.62. The maximum atomic E-state index is 14.7. The van der Waals surface area contributed by atoms with Crippen LogP contribution in [-0.4, -0.2) is 56.0 Å². The number of hydrogen-bond donors (Lipinski definition) is 1. The second-order valence-electron chi connectivity index (χ2n) is 10.5. The normalized spacial score (nSPS) is 15.4. The zero-order chi connectivity index (χ0) is 30.3. The molecule has 1 atom stereocenters. The van der Waals surface area contributed by atoms with Gasteiger partial charge in [-0.25, -0.2) is 18.7 Å². The molecule has 0 bridgehead atoms. The third-order valence-electron chi connectivity index (χ3n) is 7.32. The number of carbonyl (C=O) groups is 1. The van der Waals surface area contributed by atoms with Gasteiger partial charge in [-0.15, -0.1) is 0 Å². The molecule has 0 saturated carbocycles. The van der Waals surface area contributed by atoms with Crippen molar-refractivity contribution in [2.24, 2.45) is 0 Å². The van der Waals surface area contributed by atoms with Gasteiger partial charge in [0.25, 0.3) is 0 Å². The largest absolute Gasteiger partial charge is 0.355 e. The van der Waals surface area contributed by atoms with Crippen LogP contribution in [0.3, 0.4) is 0 Å². The van der Waals surface area contributed by atoms with Gasteiger partial charge in [0.05, 0.1) is 32.5 Å². The molecule has 1 amide bonds. The summed E-state index contributed by atoms with van der Waals surface area (Å²) >= 11 is 13.0. The molecule has 1 saturated heterocycles. The van der Waals surface area contributed by atoms with E-state index in [9.17, 15) is 14.0 Å². The van der Waals surface area contributed by atoms with E-state index in [0.717, 1.165) is 5.56 Å². The van der Waals surface area contributed by atoms with E-state index in [1.54, 1.807) is 23.2 Å². The van der Waals surface area contributed by atoms with Crippen LogP contribution in [0.2, 0.25) is 10.0 Å². The standard InChI is InChI=1S/C30H30Cl2FN7O2/c1-6-23(41)38-12-13-39(18(5)15-38)28-19-14-21(32)27(35-25-20(31)8-7-9-22(25)33)36-29(19)40(30(42)37-28)26-17(4)10-11-34-24(26)16(2)3/h6-11,14,16,18H,1,12-13,15H2,2-5H3,(H,35,36)/t18-/m0/s1. The van der Waals surface area contributed by atoms with Gasteiger partial charge in [0.1, 0.15) is 11.6 Å². The fourth-order valence-corrected chi connectivity index (χ4v) is 5.64. The molecular formula is C30H30Cl2FN7O2. The summed E-state index contributed by atoms with van der Waals surface area (Å²) in [5.41, 5.74) is 1.78. The number of amides is 1. The Morgan fingerprint density at radius 2 is 1.95 bits per heavy atom. The quantitative estimate of drug-likeness (QED) is 0.267. The minimum atomic E-state index is -0.584. The van der Waals surface area contributed by atoms with Gasteiger partial charge in [0, 0.05) is 31.9 Å². The number of benzene rings is 1. The Morgan fingerprint density at radius 1 is 1.19 bits per heavy atom. The lowest BCUT2D eigenvalue weighted by molar-refractivity contribution is -0.126. The van der Waals surface area contributed by atoms with E-state index >= 15 is 0 Å². The Morgan fingerprint density at radius 3 is 2.62 bits per heavy atom. The van der Waals surface area contributed by atoms with Crippen molar-refractivity contribution in [2.75, 3.05) is 29.9 Å². The number of nitrogens with one attached hydrogen (secondary N) is 1. The molecule has 1 N–H and O–H groups in total. The lowest BCUT2D eigenvalue weighted by Crippen LogP contribution is -2.54. The van der Waals surface area contributed by atoms with Gasteiger partial charge in [-0.05, 0) is 55.7 Å². The molecule has 0 aliphatic carbocycles. The second kappa shape index (κ2) is 11.7. The Kier molecular flexibility index (Phi) is 8.21. The fraction of sp³-hybridized carbons (Fsp3) is 0.300. The number of fused-ring (bicyclic) bond motifs is 1. The average Bonchev–Trinajstić information content (AvgIpc) is 2.95. The first-order valence-electron chi connectivity index (χ1n) is 13.5. The number of pyridine rings is 2. The van der Waals surface area contributed by atoms with E-state index in [2.05, 4.69) is 21.9 Å². The van der Waals surface area contributed by atoms with Crippen LogP contribution in [0.1, 0.15) is 37.9 Å². The molecule has 4 aromatic rings. The van der Waals surface area contributed by atoms with Crippen LogP contribution in [0, 0.1) is 12.7 Å². The number of hydrogen-bond acceptors (Lipinski definition) is 7. The highest BCUT2D eigenvalue weighted by atomic mass is 35.5. The third-order valence-corrected chi connectivity index (χ3v) is 7.92. The van der Waals surface area contributed by atoms with Gasteiger partial charge in [-0.3, -0.25) is 9.78 Å². The molecule has 42 heavy (non-hydrogen) atoms. The number of piperazine rings is 1. The molecule has 1 aliphatic heterocycles. The monoisotopic (exact) mass is 609 g/mol. The van der Waals surface area contributed by atoms with Gasteiger partial charge in [-0.2, -0.15) is 4.98 Å². The van der Waals surface area contributed by atoms with Crippen LogP contribution in [0.4, 0.5) is 21.7 Å². The van der Waals surface area contributed by atoms with E-state index in [1.807, 2.05) is 38.7 Å². The molecule has 218 valence electrons. The maximum Gasteiger partial charge on any atom is 0.355 e. The van der Waals surface area contributed by atoms with E-state index < -0.39 is 11.5 Å². The molecule has 1 aliphatic rings. The molecule has 0 unspecified atom stereocenters. The van der Waals surface area contributed by atoms with Crippen LogP contribution < -0.4 is 15.9 Å².